The van der Waals surface area contributed by atoms with Crippen molar-refractivity contribution in [2.75, 3.05) is 5.32 Å². The summed E-state index contributed by atoms with van der Waals surface area (Å²) in [6, 6.07) is 7.51. The number of nitrogens with one attached hydrogen (secondary N) is 2. The summed E-state index contributed by atoms with van der Waals surface area (Å²) < 4.78 is 37.4. The molecule has 0 fully saturated rings. The Morgan fingerprint density at radius 3 is 2.74 bits per heavy atom. The molecule has 9 heteroatoms. The van der Waals surface area contributed by atoms with Gasteiger partial charge in [-0.1, -0.05) is 29.5 Å². The highest BCUT2D eigenvalue weighted by atomic mass is 32.1. The van der Waals surface area contributed by atoms with Crippen LogP contribution in [0.2, 0.25) is 0 Å². The third-order valence-corrected chi connectivity index (χ3v) is 4.16. The fourth-order valence-electron chi connectivity index (χ4n) is 2.27. The predicted molar refractivity (Wildman–Crippen MR) is 80.3 cm³/mol. The van der Waals surface area contributed by atoms with E-state index < -0.39 is 17.1 Å². The Morgan fingerprint density at radius 2 is 2.04 bits per heavy atom. The lowest BCUT2D eigenvalue weighted by molar-refractivity contribution is -0.138. The lowest BCUT2D eigenvalue weighted by Crippen LogP contribution is -2.14. The van der Waals surface area contributed by atoms with Crippen LogP contribution < -0.4 is 5.32 Å². The van der Waals surface area contributed by atoms with E-state index in [1.54, 1.807) is 0 Å². The number of carbonyl (C=O) groups is 1. The molecule has 23 heavy (non-hydrogen) atoms. The average Bonchev–Trinajstić information content (AvgIpc) is 3.04. The Balaban J connectivity index is 1.76. The van der Waals surface area contributed by atoms with Crippen molar-refractivity contribution in [3.8, 4) is 0 Å². The zero-order valence-electron chi connectivity index (χ0n) is 11.9. The van der Waals surface area contributed by atoms with Crippen LogP contribution in [-0.4, -0.2) is 21.1 Å². The third-order valence-electron chi connectivity index (χ3n) is 3.28. The first kappa shape index (κ1) is 15.5. The topological polar surface area (TPSA) is 70.7 Å². The Morgan fingerprint density at radius 1 is 1.30 bits per heavy atom. The molecule has 2 aromatic heterocycles. The zero-order valence-corrected chi connectivity index (χ0v) is 12.7. The molecule has 0 aliphatic heterocycles. The highest BCUT2D eigenvalue weighted by Crippen LogP contribution is 2.33. The number of fused-ring (bicyclic) bond motifs is 1. The fraction of sp³-hybridized carbons (Fsp3) is 0.214. The molecule has 0 unspecified atom stereocenters. The Labute approximate surface area is 132 Å². The maximum atomic E-state index is 12.5. The van der Waals surface area contributed by atoms with Crippen LogP contribution >= 0.6 is 11.3 Å². The van der Waals surface area contributed by atoms with Gasteiger partial charge >= 0.3 is 6.18 Å². The van der Waals surface area contributed by atoms with Crippen LogP contribution in [0.4, 0.5) is 18.3 Å². The van der Waals surface area contributed by atoms with E-state index in [4.69, 9.17) is 0 Å². The number of aryl methyl sites for hydroxylation is 1. The molecule has 0 atom stereocenters. The summed E-state index contributed by atoms with van der Waals surface area (Å²) in [7, 11) is 0. The van der Waals surface area contributed by atoms with Crippen molar-refractivity contribution in [1.29, 1.82) is 0 Å². The average molecular weight is 340 g/mol. The number of anilines is 1. The monoisotopic (exact) mass is 340 g/mol. The zero-order chi connectivity index (χ0) is 16.6. The van der Waals surface area contributed by atoms with Crippen LogP contribution in [0.25, 0.3) is 10.9 Å². The number of nitrogens with zero attached hydrogens (tertiary/aromatic N) is 2. The van der Waals surface area contributed by atoms with Crippen molar-refractivity contribution < 1.29 is 18.0 Å². The molecule has 1 amide bonds. The SMILES string of the molecule is Cc1[nH]c2ccccc2c1CC(=O)Nc1nnc(C(F)(F)F)s1. The van der Waals surface area contributed by atoms with Gasteiger partial charge in [0.2, 0.25) is 16.0 Å². The highest BCUT2D eigenvalue weighted by Gasteiger charge is 2.35. The molecule has 2 heterocycles. The maximum Gasteiger partial charge on any atom is 0.445 e. The quantitative estimate of drug-likeness (QED) is 0.766. The normalized spacial score (nSPS) is 11.8. The minimum absolute atomic E-state index is 0.0385. The Kier molecular flexibility index (Phi) is 3.80. The molecule has 120 valence electrons. The molecule has 5 nitrogen and oxygen atoms in total. The van der Waals surface area contributed by atoms with E-state index in [2.05, 4.69) is 20.5 Å². The van der Waals surface area contributed by atoms with E-state index >= 15 is 0 Å². The predicted octanol–water partition coefficient (Wildman–Crippen LogP) is 3.53. The first-order valence-electron chi connectivity index (χ1n) is 6.61. The van der Waals surface area contributed by atoms with Gasteiger partial charge in [0.15, 0.2) is 0 Å². The first-order valence-corrected chi connectivity index (χ1v) is 7.43. The van der Waals surface area contributed by atoms with E-state index in [-0.39, 0.29) is 11.6 Å². The summed E-state index contributed by atoms with van der Waals surface area (Å²) in [5, 5.41) is 8.39. The molecule has 0 spiro atoms. The van der Waals surface area contributed by atoms with E-state index in [1.807, 2.05) is 31.2 Å². The van der Waals surface area contributed by atoms with Crippen LogP contribution in [0.5, 0.6) is 0 Å². The summed E-state index contributed by atoms with van der Waals surface area (Å²) in [6.07, 6.45) is -4.52. The van der Waals surface area contributed by atoms with Crippen molar-refractivity contribution in [2.24, 2.45) is 0 Å². The van der Waals surface area contributed by atoms with Gasteiger partial charge in [0.05, 0.1) is 6.42 Å². The lowest BCUT2D eigenvalue weighted by atomic mass is 10.1. The highest BCUT2D eigenvalue weighted by molar-refractivity contribution is 7.15. The van der Waals surface area contributed by atoms with Crippen molar-refractivity contribution in [3.63, 3.8) is 0 Å². The van der Waals surface area contributed by atoms with Gasteiger partial charge in [-0.2, -0.15) is 13.2 Å². The number of para-hydroxylation sites is 1. The van der Waals surface area contributed by atoms with E-state index in [0.717, 1.165) is 22.2 Å². The number of amides is 1. The van der Waals surface area contributed by atoms with E-state index in [0.29, 0.717) is 11.3 Å². The molecule has 0 radical (unpaired) electrons. The lowest BCUT2D eigenvalue weighted by Gasteiger charge is -2.02. The summed E-state index contributed by atoms with van der Waals surface area (Å²) in [5.74, 6) is -0.442. The minimum Gasteiger partial charge on any atom is -0.358 e. The molecule has 0 aliphatic rings. The fourth-order valence-corrected chi connectivity index (χ4v) is 2.90. The number of benzene rings is 1. The summed E-state index contributed by atoms with van der Waals surface area (Å²) >= 11 is 0.302. The number of alkyl halides is 3. The van der Waals surface area contributed by atoms with Gasteiger partial charge in [-0.3, -0.25) is 4.79 Å². The van der Waals surface area contributed by atoms with Gasteiger partial charge in [-0.15, -0.1) is 10.2 Å². The van der Waals surface area contributed by atoms with Gasteiger partial charge in [0.1, 0.15) is 0 Å². The third kappa shape index (κ3) is 3.19. The largest absolute Gasteiger partial charge is 0.445 e. The molecule has 3 aromatic rings. The summed E-state index contributed by atoms with van der Waals surface area (Å²) in [5.41, 5.74) is 2.55. The number of H-pyrrole nitrogens is 1. The smallest absolute Gasteiger partial charge is 0.358 e. The molecule has 0 saturated heterocycles. The minimum atomic E-state index is -4.56. The van der Waals surface area contributed by atoms with Crippen LogP contribution in [0.15, 0.2) is 24.3 Å². The Bertz CT molecular complexity index is 868. The van der Waals surface area contributed by atoms with Gasteiger partial charge in [0.25, 0.3) is 0 Å². The molecule has 3 rings (SSSR count). The van der Waals surface area contributed by atoms with Crippen molar-refractivity contribution in [2.45, 2.75) is 19.5 Å². The number of aromatic amines is 1. The summed E-state index contributed by atoms with van der Waals surface area (Å²) in [4.78, 5) is 15.2. The number of halogens is 3. The second kappa shape index (κ2) is 5.65. The van der Waals surface area contributed by atoms with Crippen LogP contribution in [0.1, 0.15) is 16.3 Å². The molecule has 0 bridgehead atoms. The van der Waals surface area contributed by atoms with Crippen molar-refractivity contribution >= 4 is 33.3 Å². The van der Waals surface area contributed by atoms with E-state index in [1.165, 1.54) is 0 Å². The van der Waals surface area contributed by atoms with Crippen LogP contribution in [0, 0.1) is 6.92 Å². The van der Waals surface area contributed by atoms with Crippen LogP contribution in [-0.2, 0) is 17.4 Å². The first-order chi connectivity index (χ1) is 10.8. The molecule has 0 saturated carbocycles. The maximum absolute atomic E-state index is 12.5. The van der Waals surface area contributed by atoms with Gasteiger partial charge < -0.3 is 10.3 Å². The van der Waals surface area contributed by atoms with E-state index in [9.17, 15) is 18.0 Å². The Hall–Kier alpha value is -2.42. The molecule has 2 N–H and O–H groups in total. The number of aromatic nitrogens is 3. The summed E-state index contributed by atoms with van der Waals surface area (Å²) in [6.45, 7) is 1.84. The van der Waals surface area contributed by atoms with Crippen molar-refractivity contribution in [1.82, 2.24) is 15.2 Å². The number of rotatable bonds is 3. The molecule has 0 aliphatic carbocycles. The van der Waals surface area contributed by atoms with Crippen molar-refractivity contribution in [3.05, 3.63) is 40.5 Å². The number of hydrogen-bond acceptors (Lipinski definition) is 4. The second-order valence-corrected chi connectivity index (χ2v) is 5.89. The van der Waals surface area contributed by atoms with Gasteiger partial charge in [0, 0.05) is 16.6 Å². The molecular formula is C14H11F3N4OS. The number of carbonyl (C=O) groups excluding carboxylic acids is 1. The standard InChI is InChI=1S/C14H11F3N4OS/c1-7-9(8-4-2-3-5-10(8)18-7)6-11(22)19-13-21-20-12(23-13)14(15,16)17/h2-5,18H,6H2,1H3,(H,19,21,22). The number of hydrogen-bond donors (Lipinski definition) is 2. The van der Waals surface area contributed by atoms with Crippen LogP contribution in [0.3, 0.4) is 0 Å². The second-order valence-electron chi connectivity index (χ2n) is 4.91. The van der Waals surface area contributed by atoms with Gasteiger partial charge in [-0.05, 0) is 18.6 Å². The molecule has 1 aromatic carbocycles. The molecular weight excluding hydrogens is 329 g/mol. The van der Waals surface area contributed by atoms with Gasteiger partial charge in [-0.25, -0.2) is 0 Å².